The lowest BCUT2D eigenvalue weighted by atomic mass is 10.1. The van der Waals surface area contributed by atoms with Gasteiger partial charge in [-0.05, 0) is 24.6 Å². The number of carbonyl (C=O) groups excluding carboxylic acids is 1. The molecule has 1 fully saturated rings. The van der Waals surface area contributed by atoms with Crippen molar-refractivity contribution in [3.63, 3.8) is 0 Å². The monoisotopic (exact) mass is 356 g/mol. The maximum absolute atomic E-state index is 12.8. The number of hydrogen-bond donors (Lipinski definition) is 1. The van der Waals surface area contributed by atoms with Crippen molar-refractivity contribution < 1.29 is 24.2 Å². The van der Waals surface area contributed by atoms with Gasteiger partial charge in [0.15, 0.2) is 0 Å². The molecule has 3 rings (SSSR count). The molecule has 2 atom stereocenters. The SMILES string of the molecule is COC1CC(CC(=O)O)N(C(=O)c2ccc(Oc3ccccc3)nc2)C1. The first-order valence-corrected chi connectivity index (χ1v) is 8.31. The molecule has 1 aliphatic rings. The van der Waals surface area contributed by atoms with Crippen LogP contribution in [0.25, 0.3) is 0 Å². The van der Waals surface area contributed by atoms with E-state index in [1.807, 2.05) is 30.3 Å². The predicted octanol–water partition coefficient (Wildman–Crippen LogP) is 2.58. The van der Waals surface area contributed by atoms with Crippen LogP contribution in [0.3, 0.4) is 0 Å². The van der Waals surface area contributed by atoms with Gasteiger partial charge >= 0.3 is 5.97 Å². The number of para-hydroxylation sites is 1. The predicted molar refractivity (Wildman–Crippen MR) is 93.2 cm³/mol. The van der Waals surface area contributed by atoms with Crippen molar-refractivity contribution in [2.75, 3.05) is 13.7 Å². The van der Waals surface area contributed by atoms with E-state index in [1.54, 1.807) is 24.1 Å². The minimum atomic E-state index is -0.936. The molecule has 0 saturated carbocycles. The molecule has 1 aromatic carbocycles. The van der Waals surface area contributed by atoms with Crippen molar-refractivity contribution in [3.8, 4) is 11.6 Å². The number of carboxylic acid groups (broad SMARTS) is 1. The molecule has 136 valence electrons. The van der Waals surface area contributed by atoms with Crippen LogP contribution in [-0.4, -0.2) is 52.7 Å². The van der Waals surface area contributed by atoms with Gasteiger partial charge in [-0.2, -0.15) is 0 Å². The summed E-state index contributed by atoms with van der Waals surface area (Å²) >= 11 is 0. The van der Waals surface area contributed by atoms with Crippen LogP contribution in [0.4, 0.5) is 0 Å². The lowest BCUT2D eigenvalue weighted by Gasteiger charge is -2.23. The number of nitrogens with zero attached hydrogens (tertiary/aromatic N) is 2. The number of carbonyl (C=O) groups is 2. The number of amides is 1. The molecule has 1 saturated heterocycles. The van der Waals surface area contributed by atoms with Gasteiger partial charge in [-0.3, -0.25) is 9.59 Å². The maximum atomic E-state index is 12.8. The minimum absolute atomic E-state index is 0.103. The topological polar surface area (TPSA) is 89.0 Å². The lowest BCUT2D eigenvalue weighted by Crippen LogP contribution is -2.37. The highest BCUT2D eigenvalue weighted by molar-refractivity contribution is 5.94. The number of likely N-dealkylation sites (tertiary alicyclic amines) is 1. The van der Waals surface area contributed by atoms with Crippen LogP contribution < -0.4 is 4.74 Å². The fourth-order valence-corrected chi connectivity index (χ4v) is 3.03. The molecule has 2 unspecified atom stereocenters. The summed E-state index contributed by atoms with van der Waals surface area (Å²) in [5.74, 6) is -0.155. The molecule has 1 N–H and O–H groups in total. The van der Waals surface area contributed by atoms with Crippen LogP contribution in [0.1, 0.15) is 23.2 Å². The molecular weight excluding hydrogens is 336 g/mol. The van der Waals surface area contributed by atoms with Crippen molar-refractivity contribution in [3.05, 3.63) is 54.2 Å². The summed E-state index contributed by atoms with van der Waals surface area (Å²) < 4.78 is 10.9. The van der Waals surface area contributed by atoms with Crippen molar-refractivity contribution in [2.45, 2.75) is 25.0 Å². The first-order valence-electron chi connectivity index (χ1n) is 8.31. The molecule has 1 aliphatic heterocycles. The molecular formula is C19H20N2O5. The Morgan fingerprint density at radius 3 is 2.62 bits per heavy atom. The van der Waals surface area contributed by atoms with Gasteiger partial charge < -0.3 is 19.5 Å². The summed E-state index contributed by atoms with van der Waals surface area (Å²) in [5.41, 5.74) is 0.387. The van der Waals surface area contributed by atoms with Crippen LogP contribution in [0, 0.1) is 0 Å². The molecule has 26 heavy (non-hydrogen) atoms. The van der Waals surface area contributed by atoms with Gasteiger partial charge in [0, 0.05) is 32.0 Å². The Balaban J connectivity index is 1.71. The fourth-order valence-electron chi connectivity index (χ4n) is 3.03. The number of ether oxygens (including phenoxy) is 2. The van der Waals surface area contributed by atoms with E-state index in [0.29, 0.717) is 30.2 Å². The molecule has 2 heterocycles. The summed E-state index contributed by atoms with van der Waals surface area (Å²) in [6, 6.07) is 12.1. The second-order valence-electron chi connectivity index (χ2n) is 6.10. The average Bonchev–Trinajstić information content (AvgIpc) is 3.05. The lowest BCUT2D eigenvalue weighted by molar-refractivity contribution is -0.137. The highest BCUT2D eigenvalue weighted by atomic mass is 16.5. The largest absolute Gasteiger partial charge is 0.481 e. The zero-order valence-electron chi connectivity index (χ0n) is 14.4. The number of carboxylic acids is 1. The third-order valence-corrected chi connectivity index (χ3v) is 4.33. The summed E-state index contributed by atoms with van der Waals surface area (Å²) in [6.45, 7) is 0.371. The van der Waals surface area contributed by atoms with Crippen molar-refractivity contribution in [1.82, 2.24) is 9.88 Å². The summed E-state index contributed by atoms with van der Waals surface area (Å²) in [5, 5.41) is 9.07. The summed E-state index contributed by atoms with van der Waals surface area (Å²) in [6.07, 6.45) is 1.70. The van der Waals surface area contributed by atoms with E-state index in [2.05, 4.69) is 4.98 Å². The van der Waals surface area contributed by atoms with Gasteiger partial charge in [-0.15, -0.1) is 0 Å². The van der Waals surface area contributed by atoms with Crippen molar-refractivity contribution >= 4 is 11.9 Å². The molecule has 7 nitrogen and oxygen atoms in total. The fraction of sp³-hybridized carbons (Fsp3) is 0.316. The first kappa shape index (κ1) is 17.9. The van der Waals surface area contributed by atoms with Crippen LogP contribution in [0.2, 0.25) is 0 Å². The van der Waals surface area contributed by atoms with Crippen LogP contribution in [0.15, 0.2) is 48.7 Å². The number of benzene rings is 1. The van der Waals surface area contributed by atoms with E-state index < -0.39 is 5.97 Å². The van der Waals surface area contributed by atoms with Gasteiger partial charge in [-0.25, -0.2) is 4.98 Å². The highest BCUT2D eigenvalue weighted by Gasteiger charge is 2.37. The number of rotatable bonds is 6. The Labute approximate surface area is 151 Å². The molecule has 0 spiro atoms. The number of pyridine rings is 1. The summed E-state index contributed by atoms with van der Waals surface area (Å²) in [7, 11) is 1.56. The van der Waals surface area contributed by atoms with Gasteiger partial charge in [-0.1, -0.05) is 18.2 Å². The number of hydrogen-bond acceptors (Lipinski definition) is 5. The third-order valence-electron chi connectivity index (χ3n) is 4.33. The maximum Gasteiger partial charge on any atom is 0.305 e. The minimum Gasteiger partial charge on any atom is -0.481 e. The van der Waals surface area contributed by atoms with Gasteiger partial charge in [0.1, 0.15) is 5.75 Å². The van der Waals surface area contributed by atoms with Gasteiger partial charge in [0.05, 0.1) is 18.1 Å². The number of aliphatic carboxylic acids is 1. The van der Waals surface area contributed by atoms with E-state index in [0.717, 1.165) is 0 Å². The Bertz CT molecular complexity index is 763. The van der Waals surface area contributed by atoms with Gasteiger partial charge in [0.2, 0.25) is 5.88 Å². The van der Waals surface area contributed by atoms with Crippen molar-refractivity contribution in [2.24, 2.45) is 0 Å². The van der Waals surface area contributed by atoms with Crippen LogP contribution >= 0.6 is 0 Å². The molecule has 7 heteroatoms. The molecule has 0 radical (unpaired) electrons. The van der Waals surface area contributed by atoms with Gasteiger partial charge in [0.25, 0.3) is 5.91 Å². The first-order chi connectivity index (χ1) is 12.6. The number of aromatic nitrogens is 1. The molecule has 0 bridgehead atoms. The average molecular weight is 356 g/mol. The standard InChI is InChI=1S/C19H20N2O5/c1-25-16-9-14(10-18(22)23)21(12-16)19(24)13-7-8-17(20-11-13)26-15-5-3-2-4-6-15/h2-8,11,14,16H,9-10,12H2,1H3,(H,22,23). The molecule has 1 aromatic heterocycles. The number of methoxy groups -OCH3 is 1. The Hall–Kier alpha value is -2.93. The molecule has 1 amide bonds. The third kappa shape index (κ3) is 4.18. The van der Waals surface area contributed by atoms with E-state index in [4.69, 9.17) is 14.6 Å². The molecule has 2 aromatic rings. The highest BCUT2D eigenvalue weighted by Crippen LogP contribution is 2.25. The Morgan fingerprint density at radius 1 is 1.23 bits per heavy atom. The second-order valence-corrected chi connectivity index (χ2v) is 6.10. The Morgan fingerprint density at radius 2 is 2.00 bits per heavy atom. The zero-order chi connectivity index (χ0) is 18.5. The summed E-state index contributed by atoms with van der Waals surface area (Å²) in [4.78, 5) is 29.6. The van der Waals surface area contributed by atoms with E-state index >= 15 is 0 Å². The second kappa shape index (κ2) is 7.97. The van der Waals surface area contributed by atoms with Crippen LogP contribution in [-0.2, 0) is 9.53 Å². The van der Waals surface area contributed by atoms with E-state index in [-0.39, 0.29) is 24.5 Å². The van der Waals surface area contributed by atoms with Crippen molar-refractivity contribution in [1.29, 1.82) is 0 Å². The van der Waals surface area contributed by atoms with E-state index in [9.17, 15) is 9.59 Å². The smallest absolute Gasteiger partial charge is 0.305 e. The van der Waals surface area contributed by atoms with E-state index in [1.165, 1.54) is 6.20 Å². The zero-order valence-corrected chi connectivity index (χ0v) is 14.4. The van der Waals surface area contributed by atoms with Crippen LogP contribution in [0.5, 0.6) is 11.6 Å². The normalized spacial score (nSPS) is 19.3. The molecule has 0 aliphatic carbocycles. The Kier molecular flexibility index (Phi) is 5.48. The quantitative estimate of drug-likeness (QED) is 0.856.